The Bertz CT molecular complexity index is 300. The summed E-state index contributed by atoms with van der Waals surface area (Å²) < 4.78 is 0. The smallest absolute Gasteiger partial charge is 0.112 e. The maximum atomic E-state index is 10.8. The molecule has 0 saturated heterocycles. The molecule has 3 aliphatic rings. The molecule has 15 heavy (non-hydrogen) atoms. The second kappa shape index (κ2) is 3.48. The quantitative estimate of drug-likeness (QED) is 0.530. The highest BCUT2D eigenvalue weighted by Crippen LogP contribution is 2.62. The first kappa shape index (κ1) is 10.6. The van der Waals surface area contributed by atoms with Gasteiger partial charge in [0.25, 0.3) is 0 Å². The second-order valence-electron chi connectivity index (χ2n) is 5.04. The van der Waals surface area contributed by atoms with Gasteiger partial charge in [-0.05, 0) is 36.5 Å². The van der Waals surface area contributed by atoms with Crippen LogP contribution in [0.25, 0.3) is 0 Å². The van der Waals surface area contributed by atoms with Crippen LogP contribution in [0.2, 0.25) is 0 Å². The summed E-state index contributed by atoms with van der Waals surface area (Å²) in [7, 11) is 0. The van der Waals surface area contributed by atoms with Gasteiger partial charge in [0.05, 0.1) is 16.1 Å². The van der Waals surface area contributed by atoms with Crippen LogP contribution in [-0.4, -0.2) is 22.2 Å². The fourth-order valence-corrected chi connectivity index (χ4v) is 5.42. The zero-order valence-corrected chi connectivity index (χ0v) is 10.3. The topological polar surface area (TPSA) is 29.4 Å². The molecule has 0 radical (unpaired) electrons. The van der Waals surface area contributed by atoms with Crippen molar-refractivity contribution in [2.75, 3.05) is 0 Å². The first-order valence-electron chi connectivity index (χ1n) is 5.40. The number of nitrogens with zero attached hydrogens (tertiary/aromatic N) is 1. The molecule has 0 heterocycles. The third-order valence-electron chi connectivity index (χ3n) is 4.59. The van der Waals surface area contributed by atoms with Crippen molar-refractivity contribution in [2.24, 2.45) is 28.8 Å². The fourth-order valence-electron chi connectivity index (χ4n) is 4.04. The molecule has 3 aliphatic carbocycles. The van der Waals surface area contributed by atoms with Crippen molar-refractivity contribution in [3.05, 3.63) is 4.91 Å². The number of fused-ring (bicyclic) bond motifs is 5. The van der Waals surface area contributed by atoms with Crippen LogP contribution in [-0.2, 0) is 0 Å². The lowest BCUT2D eigenvalue weighted by Crippen LogP contribution is -2.38. The number of hydrogen-bond acceptors (Lipinski definition) is 2. The highest BCUT2D eigenvalue weighted by molar-refractivity contribution is 6.30. The molecule has 3 fully saturated rings. The molecule has 0 amide bonds. The van der Waals surface area contributed by atoms with Gasteiger partial charge in [-0.1, -0.05) is 5.18 Å². The van der Waals surface area contributed by atoms with E-state index in [1.54, 1.807) is 0 Å². The van der Waals surface area contributed by atoms with Crippen LogP contribution < -0.4 is 0 Å². The highest BCUT2D eigenvalue weighted by atomic mass is 35.5. The summed E-state index contributed by atoms with van der Waals surface area (Å²) in [5.41, 5.74) is 0. The predicted octanol–water partition coefficient (Wildman–Crippen LogP) is 3.23. The Morgan fingerprint density at radius 3 is 2.33 bits per heavy atom. The van der Waals surface area contributed by atoms with Gasteiger partial charge in [-0.2, -0.15) is 4.91 Å². The lowest BCUT2D eigenvalue weighted by atomic mass is 9.79. The van der Waals surface area contributed by atoms with Crippen LogP contribution in [0.3, 0.4) is 0 Å². The SMILES string of the molecule is O=NC1C(Cl)C2CC1C1C(Cl)C(Cl)CC21. The number of nitroso groups, excluding NO2 is 1. The van der Waals surface area contributed by atoms with Gasteiger partial charge in [0.2, 0.25) is 0 Å². The average molecular weight is 269 g/mol. The number of hydrogen-bond donors (Lipinski definition) is 0. The molecular formula is C10H12Cl3NO. The molecule has 0 aliphatic heterocycles. The zero-order valence-electron chi connectivity index (χ0n) is 8.02. The standard InChI is InChI=1S/C10H12Cl3NO/c11-6-2-3-4-1-5(7(3)9(6)13)10(14-15)8(4)12/h3-10H,1-2H2. The molecule has 2 nitrogen and oxygen atoms in total. The molecule has 8 unspecified atom stereocenters. The van der Waals surface area contributed by atoms with E-state index in [0.29, 0.717) is 17.8 Å². The van der Waals surface area contributed by atoms with Crippen molar-refractivity contribution < 1.29 is 0 Å². The van der Waals surface area contributed by atoms with Crippen molar-refractivity contribution >= 4 is 34.8 Å². The fraction of sp³-hybridized carbons (Fsp3) is 1.00. The summed E-state index contributed by atoms with van der Waals surface area (Å²) in [5, 5.41) is 3.15. The van der Waals surface area contributed by atoms with Crippen molar-refractivity contribution in [1.82, 2.24) is 0 Å². The van der Waals surface area contributed by atoms with Crippen LogP contribution in [0.5, 0.6) is 0 Å². The Kier molecular flexibility index (Phi) is 2.46. The monoisotopic (exact) mass is 267 g/mol. The van der Waals surface area contributed by atoms with E-state index in [2.05, 4.69) is 5.18 Å². The van der Waals surface area contributed by atoms with E-state index >= 15 is 0 Å². The van der Waals surface area contributed by atoms with Crippen LogP contribution in [0.1, 0.15) is 12.8 Å². The average Bonchev–Trinajstić information content (AvgIpc) is 2.79. The predicted molar refractivity (Wildman–Crippen MR) is 61.7 cm³/mol. The summed E-state index contributed by atoms with van der Waals surface area (Å²) in [5.74, 6) is 1.60. The third-order valence-corrected chi connectivity index (χ3v) is 6.34. The first-order chi connectivity index (χ1) is 7.15. The Morgan fingerprint density at radius 2 is 1.67 bits per heavy atom. The minimum atomic E-state index is -0.235. The Hall–Kier alpha value is 0.470. The van der Waals surface area contributed by atoms with E-state index in [4.69, 9.17) is 34.8 Å². The van der Waals surface area contributed by atoms with Crippen LogP contribution in [0.4, 0.5) is 0 Å². The molecule has 5 heteroatoms. The normalized spacial score (nSPS) is 62.1. The zero-order chi connectivity index (χ0) is 10.7. The number of alkyl halides is 3. The molecule has 3 rings (SSSR count). The van der Waals surface area contributed by atoms with Crippen molar-refractivity contribution in [1.29, 1.82) is 0 Å². The van der Waals surface area contributed by atoms with Crippen LogP contribution in [0.15, 0.2) is 5.18 Å². The van der Waals surface area contributed by atoms with E-state index in [9.17, 15) is 4.91 Å². The largest absolute Gasteiger partial charge is 0.150 e. The Labute approximate surface area is 104 Å². The maximum absolute atomic E-state index is 10.8. The van der Waals surface area contributed by atoms with E-state index in [0.717, 1.165) is 12.8 Å². The molecule has 2 bridgehead atoms. The van der Waals surface area contributed by atoms with Gasteiger partial charge in [-0.3, -0.25) is 0 Å². The van der Waals surface area contributed by atoms with E-state index in [1.807, 2.05) is 0 Å². The first-order valence-corrected chi connectivity index (χ1v) is 6.70. The van der Waals surface area contributed by atoms with Crippen LogP contribution in [0, 0.1) is 28.6 Å². The van der Waals surface area contributed by atoms with Crippen molar-refractivity contribution in [3.8, 4) is 0 Å². The number of halogens is 3. The lowest BCUT2D eigenvalue weighted by Gasteiger charge is -2.32. The molecule has 0 N–H and O–H groups in total. The summed E-state index contributed by atoms with van der Waals surface area (Å²) in [6, 6.07) is -0.235. The van der Waals surface area contributed by atoms with Crippen LogP contribution >= 0.6 is 34.8 Å². The van der Waals surface area contributed by atoms with Gasteiger partial charge >= 0.3 is 0 Å². The van der Waals surface area contributed by atoms with E-state index < -0.39 is 0 Å². The molecule has 0 spiro atoms. The minimum Gasteiger partial charge on any atom is -0.150 e. The summed E-state index contributed by atoms with van der Waals surface area (Å²) >= 11 is 18.7. The van der Waals surface area contributed by atoms with Gasteiger partial charge < -0.3 is 0 Å². The van der Waals surface area contributed by atoms with Crippen molar-refractivity contribution in [2.45, 2.75) is 35.0 Å². The van der Waals surface area contributed by atoms with Gasteiger partial charge in [0.15, 0.2) is 0 Å². The lowest BCUT2D eigenvalue weighted by molar-refractivity contribution is 0.240. The maximum Gasteiger partial charge on any atom is 0.112 e. The van der Waals surface area contributed by atoms with Gasteiger partial charge in [0, 0.05) is 0 Å². The summed E-state index contributed by atoms with van der Waals surface area (Å²) in [6.45, 7) is 0. The molecule has 0 aromatic carbocycles. The van der Waals surface area contributed by atoms with E-state index in [-0.39, 0.29) is 28.1 Å². The van der Waals surface area contributed by atoms with Gasteiger partial charge in [-0.15, -0.1) is 34.8 Å². The molecule has 8 atom stereocenters. The Balaban J connectivity index is 1.92. The summed E-state index contributed by atoms with van der Waals surface area (Å²) in [6.07, 6.45) is 1.98. The minimum absolute atomic E-state index is 0.0000772. The highest BCUT2D eigenvalue weighted by Gasteiger charge is 2.63. The molecular weight excluding hydrogens is 256 g/mol. The molecule has 0 aromatic heterocycles. The molecule has 3 saturated carbocycles. The Morgan fingerprint density at radius 1 is 0.933 bits per heavy atom. The van der Waals surface area contributed by atoms with Gasteiger partial charge in [0.1, 0.15) is 6.04 Å². The van der Waals surface area contributed by atoms with E-state index in [1.165, 1.54) is 0 Å². The number of rotatable bonds is 1. The summed E-state index contributed by atoms with van der Waals surface area (Å²) in [4.78, 5) is 10.8. The second-order valence-corrected chi connectivity index (χ2v) is 6.61. The molecule has 0 aromatic rings. The van der Waals surface area contributed by atoms with Gasteiger partial charge in [-0.25, -0.2) is 0 Å². The third kappa shape index (κ3) is 1.25. The molecule has 84 valence electrons. The van der Waals surface area contributed by atoms with Crippen molar-refractivity contribution in [3.63, 3.8) is 0 Å².